The molecule has 17 heavy (non-hydrogen) atoms. The Labute approximate surface area is 104 Å². The number of carbonyl (C=O) groups excluding carboxylic acids is 1. The van der Waals surface area contributed by atoms with Gasteiger partial charge in [0.2, 0.25) is 0 Å². The van der Waals surface area contributed by atoms with Crippen LogP contribution >= 0.6 is 11.8 Å². The normalized spacial score (nSPS) is 22.1. The summed E-state index contributed by atoms with van der Waals surface area (Å²) in [6.45, 7) is 0. The molecular weight excluding hydrogens is 230 g/mol. The molecule has 0 saturated heterocycles. The smallest absolute Gasteiger partial charge is 0.179 e. The van der Waals surface area contributed by atoms with Crippen molar-refractivity contribution in [2.75, 3.05) is 0 Å². The minimum absolute atomic E-state index is 0.0619. The van der Waals surface area contributed by atoms with Gasteiger partial charge in [-0.25, -0.2) is 0 Å². The van der Waals surface area contributed by atoms with E-state index in [4.69, 9.17) is 0 Å². The predicted octanol–water partition coefficient (Wildman–Crippen LogP) is 2.77. The third kappa shape index (κ3) is 2.24. The van der Waals surface area contributed by atoms with Crippen molar-refractivity contribution in [2.24, 2.45) is 4.99 Å². The fourth-order valence-corrected chi connectivity index (χ4v) is 3.09. The van der Waals surface area contributed by atoms with Crippen LogP contribution in [0.1, 0.15) is 5.56 Å². The standard InChI is InChI=1S/C14H11NOS/c16-11-6-7-12-13(9-11)17-14(15-12)8-10-4-2-1-3-5-10/h1-7,9,14H,8H2. The number of carbonyl (C=O) groups is 1. The van der Waals surface area contributed by atoms with Crippen LogP contribution in [0.2, 0.25) is 0 Å². The van der Waals surface area contributed by atoms with Gasteiger partial charge in [0.05, 0.1) is 5.71 Å². The summed E-state index contributed by atoms with van der Waals surface area (Å²) in [5.74, 6) is 0.0619. The molecule has 0 spiro atoms. The number of benzene rings is 1. The van der Waals surface area contributed by atoms with Gasteiger partial charge in [0.15, 0.2) is 5.78 Å². The highest BCUT2D eigenvalue weighted by atomic mass is 32.2. The Bertz CT molecular complexity index is 543. The van der Waals surface area contributed by atoms with Crippen molar-refractivity contribution in [1.29, 1.82) is 0 Å². The maximum atomic E-state index is 11.2. The summed E-state index contributed by atoms with van der Waals surface area (Å²) in [6.07, 6.45) is 5.98. The number of fused-ring (bicyclic) bond motifs is 1. The summed E-state index contributed by atoms with van der Waals surface area (Å²) >= 11 is 1.68. The average molecular weight is 241 g/mol. The predicted molar refractivity (Wildman–Crippen MR) is 71.2 cm³/mol. The first-order valence-electron chi connectivity index (χ1n) is 5.54. The molecule has 0 N–H and O–H groups in total. The van der Waals surface area contributed by atoms with E-state index >= 15 is 0 Å². The summed E-state index contributed by atoms with van der Waals surface area (Å²) in [4.78, 5) is 16.9. The minimum atomic E-state index is 0.0619. The van der Waals surface area contributed by atoms with E-state index in [0.717, 1.165) is 17.0 Å². The summed E-state index contributed by atoms with van der Waals surface area (Å²) in [7, 11) is 0. The summed E-state index contributed by atoms with van der Waals surface area (Å²) < 4.78 is 0. The van der Waals surface area contributed by atoms with Crippen LogP contribution in [0.4, 0.5) is 0 Å². The molecule has 1 atom stereocenters. The van der Waals surface area contributed by atoms with Gasteiger partial charge in [-0.05, 0) is 17.7 Å². The summed E-state index contributed by atoms with van der Waals surface area (Å²) in [5.41, 5.74) is 2.24. The number of thioether (sulfide) groups is 1. The summed E-state index contributed by atoms with van der Waals surface area (Å²) in [6, 6.07) is 10.3. The maximum absolute atomic E-state index is 11.2. The molecule has 1 aromatic rings. The molecule has 1 heterocycles. The van der Waals surface area contributed by atoms with Crippen LogP contribution in [0, 0.1) is 0 Å². The highest BCUT2D eigenvalue weighted by Crippen LogP contribution is 2.35. The lowest BCUT2D eigenvalue weighted by molar-refractivity contribution is -0.110. The Morgan fingerprint density at radius 1 is 1.18 bits per heavy atom. The zero-order valence-corrected chi connectivity index (χ0v) is 9.98. The lowest BCUT2D eigenvalue weighted by Crippen LogP contribution is -2.01. The van der Waals surface area contributed by atoms with Crippen LogP contribution in [0.3, 0.4) is 0 Å². The first kappa shape index (κ1) is 10.5. The third-order valence-electron chi connectivity index (χ3n) is 2.73. The monoisotopic (exact) mass is 241 g/mol. The number of rotatable bonds is 2. The third-order valence-corrected chi connectivity index (χ3v) is 3.86. The number of aliphatic imine (C=N–C) groups is 1. The molecule has 0 bridgehead atoms. The van der Waals surface area contributed by atoms with Crippen molar-refractivity contribution in [2.45, 2.75) is 11.8 Å². The number of ketones is 1. The van der Waals surface area contributed by atoms with E-state index in [1.54, 1.807) is 23.9 Å². The van der Waals surface area contributed by atoms with Crippen LogP contribution in [-0.4, -0.2) is 16.9 Å². The number of nitrogens with zero attached hydrogens (tertiary/aromatic N) is 1. The van der Waals surface area contributed by atoms with Gasteiger partial charge < -0.3 is 0 Å². The van der Waals surface area contributed by atoms with Gasteiger partial charge in [0, 0.05) is 17.4 Å². The van der Waals surface area contributed by atoms with E-state index < -0.39 is 0 Å². The van der Waals surface area contributed by atoms with E-state index in [0.29, 0.717) is 0 Å². The van der Waals surface area contributed by atoms with Gasteiger partial charge in [-0.2, -0.15) is 0 Å². The Kier molecular flexibility index (Phi) is 2.69. The Morgan fingerprint density at radius 3 is 2.82 bits per heavy atom. The lowest BCUT2D eigenvalue weighted by atomic mass is 10.1. The van der Waals surface area contributed by atoms with Crippen molar-refractivity contribution < 1.29 is 4.79 Å². The van der Waals surface area contributed by atoms with Crippen molar-refractivity contribution in [3.8, 4) is 0 Å². The van der Waals surface area contributed by atoms with Gasteiger partial charge >= 0.3 is 0 Å². The van der Waals surface area contributed by atoms with Crippen LogP contribution in [0.5, 0.6) is 0 Å². The quantitative estimate of drug-likeness (QED) is 0.745. The molecule has 3 rings (SSSR count). The summed E-state index contributed by atoms with van der Waals surface area (Å²) in [5, 5.41) is 0.203. The number of hydrogen-bond acceptors (Lipinski definition) is 3. The van der Waals surface area contributed by atoms with E-state index in [1.165, 1.54) is 5.56 Å². The molecule has 1 unspecified atom stereocenters. The highest BCUT2D eigenvalue weighted by molar-refractivity contribution is 8.05. The fraction of sp³-hybridized carbons (Fsp3) is 0.143. The Morgan fingerprint density at radius 2 is 2.00 bits per heavy atom. The maximum Gasteiger partial charge on any atom is 0.179 e. The second kappa shape index (κ2) is 4.34. The van der Waals surface area contributed by atoms with E-state index in [2.05, 4.69) is 17.1 Å². The van der Waals surface area contributed by atoms with Crippen LogP contribution in [0.25, 0.3) is 0 Å². The van der Waals surface area contributed by atoms with Crippen molar-refractivity contribution in [3.63, 3.8) is 0 Å². The van der Waals surface area contributed by atoms with E-state index in [-0.39, 0.29) is 11.2 Å². The van der Waals surface area contributed by atoms with Gasteiger partial charge in [-0.1, -0.05) is 42.1 Å². The zero-order valence-electron chi connectivity index (χ0n) is 9.17. The van der Waals surface area contributed by atoms with Crippen LogP contribution < -0.4 is 0 Å². The van der Waals surface area contributed by atoms with Crippen molar-refractivity contribution in [3.05, 3.63) is 59.0 Å². The van der Waals surface area contributed by atoms with Crippen LogP contribution in [0.15, 0.2) is 58.5 Å². The van der Waals surface area contributed by atoms with Crippen molar-refractivity contribution >= 4 is 23.3 Å². The molecule has 0 aromatic heterocycles. The average Bonchev–Trinajstić information content (AvgIpc) is 2.71. The Balaban J connectivity index is 1.77. The first-order chi connectivity index (χ1) is 8.31. The second-order valence-corrected chi connectivity index (χ2v) is 5.24. The van der Waals surface area contributed by atoms with E-state index in [1.807, 2.05) is 24.3 Å². The molecule has 2 nitrogen and oxygen atoms in total. The van der Waals surface area contributed by atoms with E-state index in [9.17, 15) is 4.79 Å². The molecule has 0 radical (unpaired) electrons. The molecule has 84 valence electrons. The largest absolute Gasteiger partial charge is 0.290 e. The number of hydrogen-bond donors (Lipinski definition) is 0. The number of allylic oxidation sites excluding steroid dienone is 4. The minimum Gasteiger partial charge on any atom is -0.290 e. The lowest BCUT2D eigenvalue weighted by Gasteiger charge is -2.05. The van der Waals surface area contributed by atoms with Gasteiger partial charge in [-0.3, -0.25) is 9.79 Å². The van der Waals surface area contributed by atoms with Gasteiger partial charge in [0.25, 0.3) is 0 Å². The molecular formula is C14H11NOS. The molecule has 0 amide bonds. The zero-order chi connectivity index (χ0) is 11.7. The highest BCUT2D eigenvalue weighted by Gasteiger charge is 2.24. The van der Waals surface area contributed by atoms with Gasteiger partial charge in [-0.15, -0.1) is 0 Å². The van der Waals surface area contributed by atoms with Crippen LogP contribution in [-0.2, 0) is 11.2 Å². The topological polar surface area (TPSA) is 29.4 Å². The SMILES string of the molecule is O=C1C=CC2=NC(Cc3ccccc3)SC2=C1. The Hall–Kier alpha value is -1.61. The fourth-order valence-electron chi connectivity index (χ4n) is 1.93. The molecule has 1 aliphatic heterocycles. The molecule has 0 saturated carbocycles. The first-order valence-corrected chi connectivity index (χ1v) is 6.42. The second-order valence-electron chi connectivity index (χ2n) is 4.02. The molecule has 1 aliphatic carbocycles. The molecule has 3 heteroatoms. The van der Waals surface area contributed by atoms with Gasteiger partial charge in [0.1, 0.15) is 5.37 Å². The van der Waals surface area contributed by atoms with Crippen molar-refractivity contribution in [1.82, 2.24) is 0 Å². The molecule has 1 aromatic carbocycles. The molecule has 0 fully saturated rings. The molecule has 2 aliphatic rings.